The molecule has 1 amide bonds. The molecule has 1 saturated heterocycles. The summed E-state index contributed by atoms with van der Waals surface area (Å²) in [6.07, 6.45) is 3.80. The van der Waals surface area contributed by atoms with Gasteiger partial charge in [-0.1, -0.05) is 37.3 Å². The molecule has 6 nitrogen and oxygen atoms in total. The van der Waals surface area contributed by atoms with Gasteiger partial charge in [-0.15, -0.1) is 0 Å². The normalized spacial score (nSPS) is 14.3. The first-order valence-electron chi connectivity index (χ1n) is 13.3. The van der Waals surface area contributed by atoms with Crippen LogP contribution < -0.4 is 9.46 Å². The van der Waals surface area contributed by atoms with Crippen LogP contribution in [0.4, 0.5) is 5.69 Å². The number of amides is 1. The summed E-state index contributed by atoms with van der Waals surface area (Å²) in [5.74, 6) is 1.02. The monoisotopic (exact) mass is 526 g/mol. The van der Waals surface area contributed by atoms with Crippen LogP contribution >= 0.6 is 11.9 Å². The topological polar surface area (TPSA) is 57.7 Å². The molecule has 1 fully saturated rings. The maximum atomic E-state index is 13.2. The van der Waals surface area contributed by atoms with Gasteiger partial charge in [0, 0.05) is 55.6 Å². The van der Waals surface area contributed by atoms with E-state index in [9.17, 15) is 4.79 Å². The van der Waals surface area contributed by atoms with Crippen LogP contribution in [0.15, 0.2) is 90.0 Å². The number of carbonyl (C=O) groups excluding carboxylic acids is 1. The fourth-order valence-corrected chi connectivity index (χ4v) is 5.41. The smallest absolute Gasteiger partial charge is 0.253 e. The lowest BCUT2D eigenvalue weighted by molar-refractivity contribution is 0.0761. The van der Waals surface area contributed by atoms with E-state index < -0.39 is 0 Å². The second-order valence-electron chi connectivity index (χ2n) is 9.53. The van der Waals surface area contributed by atoms with Gasteiger partial charge in [0.15, 0.2) is 0 Å². The van der Waals surface area contributed by atoms with Gasteiger partial charge in [0.25, 0.3) is 5.91 Å². The Kier molecular flexibility index (Phi) is 8.78. The molecule has 0 spiro atoms. The van der Waals surface area contributed by atoms with Crippen molar-refractivity contribution in [3.63, 3.8) is 0 Å². The Labute approximate surface area is 229 Å². The van der Waals surface area contributed by atoms with Crippen LogP contribution in [0.1, 0.15) is 35.7 Å². The van der Waals surface area contributed by atoms with Crippen LogP contribution in [0.2, 0.25) is 0 Å². The third-order valence-corrected chi connectivity index (χ3v) is 7.57. The molecule has 1 aliphatic rings. The lowest BCUT2D eigenvalue weighted by atomic mass is 10.2. The van der Waals surface area contributed by atoms with Gasteiger partial charge in [-0.05, 0) is 78.9 Å². The van der Waals surface area contributed by atoms with Crippen LogP contribution in [0.3, 0.4) is 0 Å². The summed E-state index contributed by atoms with van der Waals surface area (Å²) < 4.78 is 9.08. The average Bonchev–Trinajstić information content (AvgIpc) is 3.21. The van der Waals surface area contributed by atoms with E-state index in [1.807, 2.05) is 47.5 Å². The molecule has 1 aliphatic heterocycles. The van der Waals surface area contributed by atoms with Crippen molar-refractivity contribution in [1.29, 1.82) is 0 Å². The van der Waals surface area contributed by atoms with Crippen molar-refractivity contribution >= 4 is 34.4 Å². The maximum absolute atomic E-state index is 13.2. The molecule has 0 radical (unpaired) electrons. The molecule has 3 aromatic carbocycles. The third kappa shape index (κ3) is 6.65. The molecule has 0 bridgehead atoms. The number of nitrogens with one attached hydrogen (secondary N) is 1. The number of aromatic nitrogens is 1. The summed E-state index contributed by atoms with van der Waals surface area (Å²) >= 11 is 1.53. The van der Waals surface area contributed by atoms with Crippen molar-refractivity contribution in [2.24, 2.45) is 0 Å². The average molecular weight is 527 g/mol. The SMILES string of the molecule is CCCOc1ccc(CN2CCCN(C(=O)c3ccc(NSc4cccc5cccnc45)cc3)CC2)cc1. The molecule has 0 atom stereocenters. The van der Waals surface area contributed by atoms with Crippen molar-refractivity contribution in [1.82, 2.24) is 14.8 Å². The Morgan fingerprint density at radius 2 is 1.76 bits per heavy atom. The minimum absolute atomic E-state index is 0.0988. The van der Waals surface area contributed by atoms with E-state index in [4.69, 9.17) is 4.74 Å². The highest BCUT2D eigenvalue weighted by Crippen LogP contribution is 2.27. The summed E-state index contributed by atoms with van der Waals surface area (Å²) in [5, 5.41) is 1.12. The van der Waals surface area contributed by atoms with Gasteiger partial charge in [-0.25, -0.2) is 0 Å². The number of fused-ring (bicyclic) bond motifs is 1. The minimum atomic E-state index is 0.0988. The summed E-state index contributed by atoms with van der Waals surface area (Å²) in [5.41, 5.74) is 3.93. The zero-order valence-electron chi connectivity index (χ0n) is 21.8. The molecule has 0 saturated carbocycles. The third-order valence-electron chi connectivity index (χ3n) is 6.68. The standard InChI is InChI=1S/C31H34N4O2S/c1-2-22-37-28-15-9-24(10-16-28)23-34-18-5-19-35(21-20-34)31(36)26-11-13-27(14-12-26)33-38-29-8-3-6-25-7-4-17-32-30(25)29/h3-4,6-17,33H,2,5,18-23H2,1H3. The highest BCUT2D eigenvalue weighted by molar-refractivity contribution is 8.00. The molecule has 5 rings (SSSR count). The Morgan fingerprint density at radius 1 is 0.947 bits per heavy atom. The van der Waals surface area contributed by atoms with Crippen LogP contribution in [-0.2, 0) is 6.54 Å². The Balaban J connectivity index is 1.13. The van der Waals surface area contributed by atoms with E-state index in [0.717, 1.165) is 85.0 Å². The Bertz CT molecular complexity index is 1340. The van der Waals surface area contributed by atoms with Gasteiger partial charge < -0.3 is 14.4 Å². The van der Waals surface area contributed by atoms with Gasteiger partial charge in [0.05, 0.1) is 17.0 Å². The van der Waals surface area contributed by atoms with Crippen molar-refractivity contribution in [3.05, 3.63) is 96.2 Å². The van der Waals surface area contributed by atoms with Gasteiger partial charge in [0.2, 0.25) is 0 Å². The zero-order chi connectivity index (χ0) is 26.2. The number of nitrogens with zero attached hydrogens (tertiary/aromatic N) is 3. The summed E-state index contributed by atoms with van der Waals surface area (Å²) in [6.45, 7) is 7.12. The van der Waals surface area contributed by atoms with Crippen LogP contribution in [-0.4, -0.2) is 53.5 Å². The van der Waals surface area contributed by atoms with Crippen LogP contribution in [0.25, 0.3) is 10.9 Å². The predicted molar refractivity (Wildman–Crippen MR) is 156 cm³/mol. The number of ether oxygens (including phenoxy) is 1. The summed E-state index contributed by atoms with van der Waals surface area (Å²) in [4.78, 5) is 23.2. The zero-order valence-corrected chi connectivity index (χ0v) is 22.6. The lowest BCUT2D eigenvalue weighted by Crippen LogP contribution is -2.35. The van der Waals surface area contributed by atoms with Crippen LogP contribution in [0.5, 0.6) is 5.75 Å². The Hall–Kier alpha value is -3.55. The molecule has 2 heterocycles. The second-order valence-corrected chi connectivity index (χ2v) is 10.4. The van der Waals surface area contributed by atoms with Gasteiger partial charge in [-0.3, -0.25) is 14.7 Å². The molecule has 0 unspecified atom stereocenters. The number of para-hydroxylation sites is 1. The largest absolute Gasteiger partial charge is 0.494 e. The second kappa shape index (κ2) is 12.8. The van der Waals surface area contributed by atoms with E-state index in [1.165, 1.54) is 17.5 Å². The first kappa shape index (κ1) is 26.1. The highest BCUT2D eigenvalue weighted by atomic mass is 32.2. The van der Waals surface area contributed by atoms with E-state index >= 15 is 0 Å². The maximum Gasteiger partial charge on any atom is 0.253 e. The predicted octanol–water partition coefficient (Wildman–Crippen LogP) is 6.49. The first-order chi connectivity index (χ1) is 18.7. The molecule has 4 aromatic rings. The fraction of sp³-hybridized carbons (Fsp3) is 0.290. The Morgan fingerprint density at radius 3 is 2.58 bits per heavy atom. The van der Waals surface area contributed by atoms with Crippen molar-refractivity contribution in [3.8, 4) is 5.75 Å². The minimum Gasteiger partial charge on any atom is -0.494 e. The number of anilines is 1. The molecule has 0 aliphatic carbocycles. The number of hydrogen-bond donors (Lipinski definition) is 1. The van der Waals surface area contributed by atoms with Crippen LogP contribution in [0, 0.1) is 0 Å². The molecule has 1 aromatic heterocycles. The number of benzene rings is 3. The molecule has 196 valence electrons. The van der Waals surface area contributed by atoms with E-state index in [-0.39, 0.29) is 5.91 Å². The molecular weight excluding hydrogens is 492 g/mol. The summed E-state index contributed by atoms with van der Waals surface area (Å²) in [6, 6.07) is 26.3. The molecular formula is C31H34N4O2S. The van der Waals surface area contributed by atoms with Gasteiger partial charge >= 0.3 is 0 Å². The van der Waals surface area contributed by atoms with E-state index in [0.29, 0.717) is 0 Å². The van der Waals surface area contributed by atoms with E-state index in [1.54, 1.807) is 0 Å². The summed E-state index contributed by atoms with van der Waals surface area (Å²) in [7, 11) is 0. The van der Waals surface area contributed by atoms with Gasteiger partial charge in [0.1, 0.15) is 5.75 Å². The number of carbonyl (C=O) groups is 1. The number of hydrogen-bond acceptors (Lipinski definition) is 6. The fourth-order valence-electron chi connectivity index (χ4n) is 4.64. The van der Waals surface area contributed by atoms with Crippen molar-refractivity contribution in [2.75, 3.05) is 37.5 Å². The quantitative estimate of drug-likeness (QED) is 0.252. The molecule has 1 N–H and O–H groups in total. The first-order valence-corrected chi connectivity index (χ1v) is 14.1. The van der Waals surface area contributed by atoms with E-state index in [2.05, 4.69) is 64.0 Å². The number of rotatable bonds is 9. The van der Waals surface area contributed by atoms with Crippen molar-refractivity contribution in [2.45, 2.75) is 31.2 Å². The van der Waals surface area contributed by atoms with Gasteiger partial charge in [-0.2, -0.15) is 0 Å². The molecule has 7 heteroatoms. The lowest BCUT2D eigenvalue weighted by Gasteiger charge is -2.22. The van der Waals surface area contributed by atoms with Crippen molar-refractivity contribution < 1.29 is 9.53 Å². The molecule has 38 heavy (non-hydrogen) atoms. The highest BCUT2D eigenvalue weighted by Gasteiger charge is 2.20. The number of pyridine rings is 1.